The molecule has 1 unspecified atom stereocenters. The maximum atomic E-state index is 13.6. The molecule has 16 heavy (non-hydrogen) atoms. The topological polar surface area (TPSA) is 20.3 Å². The number of nitrogens with zero attached hydrogens (tertiary/aromatic N) is 1. The zero-order valence-corrected chi connectivity index (χ0v) is 10.1. The van der Waals surface area contributed by atoms with E-state index in [1.807, 2.05) is 0 Å². The van der Waals surface area contributed by atoms with E-state index in [1.165, 1.54) is 17.0 Å². The lowest BCUT2D eigenvalue weighted by Crippen LogP contribution is -2.26. The highest BCUT2D eigenvalue weighted by Gasteiger charge is 2.32. The molecule has 0 aliphatic carbocycles. The highest BCUT2D eigenvalue weighted by molar-refractivity contribution is 7.80. The Balaban J connectivity index is 2.35. The molecular formula is C11H11ClFNOS. The standard InChI is InChI=1S/C11H11ClFNOS/c12-8-2-1-3-9(13)11(8)14-5-7(6-16)4-10(14)15/h1-3,7,16H,4-6H2. The summed E-state index contributed by atoms with van der Waals surface area (Å²) >= 11 is 10.1. The Hall–Kier alpha value is -0.740. The van der Waals surface area contributed by atoms with Crippen molar-refractivity contribution in [2.45, 2.75) is 6.42 Å². The van der Waals surface area contributed by atoms with Crippen LogP contribution in [-0.2, 0) is 4.79 Å². The van der Waals surface area contributed by atoms with E-state index in [4.69, 9.17) is 11.6 Å². The van der Waals surface area contributed by atoms with Crippen molar-refractivity contribution in [1.82, 2.24) is 0 Å². The summed E-state index contributed by atoms with van der Waals surface area (Å²) in [5.41, 5.74) is 0.193. The Labute approximate surface area is 104 Å². The summed E-state index contributed by atoms with van der Waals surface area (Å²) in [5.74, 6) is 0.243. The van der Waals surface area contributed by atoms with Crippen LogP contribution in [-0.4, -0.2) is 18.2 Å². The summed E-state index contributed by atoms with van der Waals surface area (Å²) in [6.07, 6.45) is 0.411. The van der Waals surface area contributed by atoms with Gasteiger partial charge in [0, 0.05) is 13.0 Å². The monoisotopic (exact) mass is 259 g/mol. The lowest BCUT2D eigenvalue weighted by Gasteiger charge is -2.18. The average molecular weight is 260 g/mol. The SMILES string of the molecule is O=C1CC(CS)CN1c1c(F)cccc1Cl. The van der Waals surface area contributed by atoms with E-state index < -0.39 is 5.82 Å². The van der Waals surface area contributed by atoms with Crippen molar-refractivity contribution in [3.8, 4) is 0 Å². The van der Waals surface area contributed by atoms with Crippen LogP contribution in [0.1, 0.15) is 6.42 Å². The molecular weight excluding hydrogens is 249 g/mol. The van der Waals surface area contributed by atoms with Gasteiger partial charge < -0.3 is 4.90 Å². The molecule has 1 aliphatic heterocycles. The van der Waals surface area contributed by atoms with Crippen LogP contribution in [0.25, 0.3) is 0 Å². The van der Waals surface area contributed by atoms with Crippen molar-refractivity contribution in [2.75, 3.05) is 17.2 Å². The van der Waals surface area contributed by atoms with Gasteiger partial charge in [-0.3, -0.25) is 4.79 Å². The van der Waals surface area contributed by atoms with Crippen molar-refractivity contribution >= 4 is 35.8 Å². The Bertz CT molecular complexity index is 406. The Morgan fingerprint density at radius 2 is 2.31 bits per heavy atom. The van der Waals surface area contributed by atoms with Gasteiger partial charge in [-0.05, 0) is 23.8 Å². The van der Waals surface area contributed by atoms with Gasteiger partial charge in [-0.15, -0.1) is 0 Å². The number of rotatable bonds is 2. The summed E-state index contributed by atoms with van der Waals surface area (Å²) in [4.78, 5) is 13.1. The lowest BCUT2D eigenvalue weighted by molar-refractivity contribution is -0.117. The summed E-state index contributed by atoms with van der Waals surface area (Å²) in [6, 6.07) is 4.42. The number of para-hydroxylation sites is 1. The second kappa shape index (κ2) is 4.63. The number of anilines is 1. The van der Waals surface area contributed by atoms with E-state index in [0.717, 1.165) is 0 Å². The lowest BCUT2D eigenvalue weighted by atomic mass is 10.1. The Morgan fingerprint density at radius 3 is 2.88 bits per heavy atom. The second-order valence-electron chi connectivity index (χ2n) is 3.83. The molecule has 86 valence electrons. The largest absolute Gasteiger partial charge is 0.308 e. The van der Waals surface area contributed by atoms with Crippen LogP contribution in [0.5, 0.6) is 0 Å². The minimum Gasteiger partial charge on any atom is -0.308 e. The number of amides is 1. The summed E-state index contributed by atoms with van der Waals surface area (Å²) in [7, 11) is 0. The number of hydrogen-bond acceptors (Lipinski definition) is 2. The third-order valence-electron chi connectivity index (χ3n) is 2.67. The molecule has 1 saturated heterocycles. The third kappa shape index (κ3) is 2.04. The first-order valence-electron chi connectivity index (χ1n) is 4.98. The molecule has 1 aromatic carbocycles. The molecule has 0 spiro atoms. The fraction of sp³-hybridized carbons (Fsp3) is 0.364. The zero-order valence-electron chi connectivity index (χ0n) is 8.49. The van der Waals surface area contributed by atoms with Gasteiger partial charge in [-0.25, -0.2) is 4.39 Å². The minimum absolute atomic E-state index is 0.0916. The van der Waals surface area contributed by atoms with Gasteiger partial charge >= 0.3 is 0 Å². The molecule has 0 radical (unpaired) electrons. The normalized spacial score (nSPS) is 20.6. The van der Waals surface area contributed by atoms with Gasteiger partial charge in [0.15, 0.2) is 0 Å². The molecule has 1 heterocycles. The number of benzene rings is 1. The van der Waals surface area contributed by atoms with Gasteiger partial charge in [0.1, 0.15) is 5.82 Å². The second-order valence-corrected chi connectivity index (χ2v) is 4.60. The number of carbonyl (C=O) groups is 1. The fourth-order valence-electron chi connectivity index (χ4n) is 1.87. The third-order valence-corrected chi connectivity index (χ3v) is 3.49. The first-order valence-corrected chi connectivity index (χ1v) is 5.99. The predicted molar refractivity (Wildman–Crippen MR) is 65.7 cm³/mol. The number of hydrogen-bond donors (Lipinski definition) is 1. The van der Waals surface area contributed by atoms with Crippen LogP contribution in [0.2, 0.25) is 5.02 Å². The Kier molecular flexibility index (Phi) is 3.40. The number of carbonyl (C=O) groups excluding carboxylic acids is 1. The summed E-state index contributed by atoms with van der Waals surface area (Å²) in [5, 5.41) is 0.271. The van der Waals surface area contributed by atoms with Gasteiger partial charge in [0.05, 0.1) is 10.7 Å². The highest BCUT2D eigenvalue weighted by Crippen LogP contribution is 2.33. The van der Waals surface area contributed by atoms with E-state index >= 15 is 0 Å². The maximum Gasteiger partial charge on any atom is 0.227 e. The minimum atomic E-state index is -0.458. The van der Waals surface area contributed by atoms with Gasteiger partial charge in [0.2, 0.25) is 5.91 Å². The molecule has 5 heteroatoms. The van der Waals surface area contributed by atoms with E-state index in [9.17, 15) is 9.18 Å². The van der Waals surface area contributed by atoms with E-state index in [0.29, 0.717) is 18.7 Å². The van der Waals surface area contributed by atoms with Crippen molar-refractivity contribution in [3.05, 3.63) is 29.0 Å². The van der Waals surface area contributed by atoms with E-state index in [1.54, 1.807) is 6.07 Å². The van der Waals surface area contributed by atoms with Crippen molar-refractivity contribution in [2.24, 2.45) is 5.92 Å². The summed E-state index contributed by atoms with van der Waals surface area (Å²) < 4.78 is 13.6. The first-order chi connectivity index (χ1) is 7.63. The molecule has 1 amide bonds. The molecule has 0 saturated carbocycles. The highest BCUT2D eigenvalue weighted by atomic mass is 35.5. The van der Waals surface area contributed by atoms with Crippen molar-refractivity contribution in [3.63, 3.8) is 0 Å². The predicted octanol–water partition coefficient (Wildman–Crippen LogP) is 2.76. The van der Waals surface area contributed by atoms with Crippen LogP contribution >= 0.6 is 24.2 Å². The molecule has 0 bridgehead atoms. The van der Waals surface area contributed by atoms with Gasteiger partial charge in [-0.1, -0.05) is 17.7 Å². The molecule has 1 aliphatic rings. The molecule has 1 atom stereocenters. The van der Waals surface area contributed by atoms with Crippen LogP contribution in [0.3, 0.4) is 0 Å². The molecule has 0 N–H and O–H groups in total. The van der Waals surface area contributed by atoms with Gasteiger partial charge in [0.25, 0.3) is 0 Å². The maximum absolute atomic E-state index is 13.6. The van der Waals surface area contributed by atoms with Crippen LogP contribution in [0, 0.1) is 11.7 Å². The van der Waals surface area contributed by atoms with Gasteiger partial charge in [-0.2, -0.15) is 12.6 Å². The zero-order chi connectivity index (χ0) is 11.7. The molecule has 2 rings (SSSR count). The van der Waals surface area contributed by atoms with Crippen LogP contribution in [0.4, 0.5) is 10.1 Å². The number of thiol groups is 1. The quantitative estimate of drug-likeness (QED) is 0.810. The average Bonchev–Trinajstić information content (AvgIpc) is 2.60. The van der Waals surface area contributed by atoms with Crippen LogP contribution < -0.4 is 4.90 Å². The molecule has 0 aromatic heterocycles. The van der Waals surface area contributed by atoms with E-state index in [-0.39, 0.29) is 22.5 Å². The van der Waals surface area contributed by atoms with E-state index in [2.05, 4.69) is 12.6 Å². The molecule has 1 aromatic rings. The smallest absolute Gasteiger partial charge is 0.227 e. The Morgan fingerprint density at radius 1 is 1.56 bits per heavy atom. The first kappa shape index (κ1) is 11.7. The molecule has 2 nitrogen and oxygen atoms in total. The summed E-state index contributed by atoms with van der Waals surface area (Å²) in [6.45, 7) is 0.489. The molecule has 1 fully saturated rings. The fourth-order valence-corrected chi connectivity index (χ4v) is 2.38. The van der Waals surface area contributed by atoms with Crippen LogP contribution in [0.15, 0.2) is 18.2 Å². The number of halogens is 2. The van der Waals surface area contributed by atoms with Crippen molar-refractivity contribution < 1.29 is 9.18 Å². The van der Waals surface area contributed by atoms with Crippen molar-refractivity contribution in [1.29, 1.82) is 0 Å².